The minimum Gasteiger partial charge on any atom is -0.348 e. The van der Waals surface area contributed by atoms with Crippen molar-refractivity contribution >= 4 is 6.41 Å². The van der Waals surface area contributed by atoms with E-state index in [9.17, 15) is 4.79 Å². The average molecular weight is 480 g/mol. The van der Waals surface area contributed by atoms with E-state index >= 15 is 0 Å². The predicted molar refractivity (Wildman–Crippen MR) is 154 cm³/mol. The van der Waals surface area contributed by atoms with E-state index in [-0.39, 0.29) is 0 Å². The summed E-state index contributed by atoms with van der Waals surface area (Å²) in [5, 5.41) is 0. The topological polar surface area (TPSA) is 20.3 Å². The fraction of sp³-hybridized carbons (Fsp3) is 0.969. The molecule has 0 radical (unpaired) electrons. The Morgan fingerprint density at radius 2 is 0.588 bits per heavy atom. The number of carbonyl (C=O) groups excluding carboxylic acids is 1. The Labute approximate surface area is 216 Å². The summed E-state index contributed by atoms with van der Waals surface area (Å²) >= 11 is 0. The normalized spacial score (nSPS) is 11.2. The lowest BCUT2D eigenvalue weighted by Gasteiger charge is -2.09. The van der Waals surface area contributed by atoms with Gasteiger partial charge in [-0.1, -0.05) is 180 Å². The lowest BCUT2D eigenvalue weighted by atomic mass is 10.0. The maximum absolute atomic E-state index is 10.5. The lowest BCUT2D eigenvalue weighted by Crippen LogP contribution is -2.16. The molecule has 0 aliphatic heterocycles. The van der Waals surface area contributed by atoms with E-state index in [1.54, 1.807) is 4.90 Å². The van der Waals surface area contributed by atoms with Gasteiger partial charge < -0.3 is 4.90 Å². The zero-order chi connectivity index (χ0) is 24.8. The lowest BCUT2D eigenvalue weighted by molar-refractivity contribution is -0.117. The van der Waals surface area contributed by atoms with E-state index in [2.05, 4.69) is 6.92 Å². The number of amides is 1. The molecule has 1 amide bonds. The van der Waals surface area contributed by atoms with Crippen molar-refractivity contribution in [2.75, 3.05) is 13.6 Å². The van der Waals surface area contributed by atoms with Crippen LogP contribution in [0.2, 0.25) is 0 Å². The van der Waals surface area contributed by atoms with Crippen LogP contribution >= 0.6 is 0 Å². The highest BCUT2D eigenvalue weighted by Gasteiger charge is 1.97. The van der Waals surface area contributed by atoms with Crippen molar-refractivity contribution in [1.29, 1.82) is 0 Å². The summed E-state index contributed by atoms with van der Waals surface area (Å²) < 4.78 is 0. The van der Waals surface area contributed by atoms with E-state index in [1.165, 1.54) is 173 Å². The molecular weight excluding hydrogens is 414 g/mol. The van der Waals surface area contributed by atoms with Crippen molar-refractivity contribution in [3.8, 4) is 0 Å². The monoisotopic (exact) mass is 480 g/mol. The molecule has 0 unspecified atom stereocenters. The first-order valence-corrected chi connectivity index (χ1v) is 16.0. The van der Waals surface area contributed by atoms with E-state index in [0.29, 0.717) is 0 Å². The molecule has 0 bridgehead atoms. The standard InChI is InChI=1S/C32H65NO/c1-3-4-5-6-7-8-9-10-11-12-13-14-15-16-17-18-19-20-21-22-23-24-25-26-27-28-29-30-31-33(2)32-34/h32H,3-31H2,1-2H3. The molecule has 0 aromatic carbocycles. The highest BCUT2D eigenvalue weighted by Crippen LogP contribution is 2.16. The predicted octanol–water partition coefficient (Wildman–Crippen LogP) is 11.0. The molecule has 0 aromatic heterocycles. The van der Waals surface area contributed by atoms with Crippen LogP contribution in [0.1, 0.15) is 187 Å². The van der Waals surface area contributed by atoms with Crippen molar-refractivity contribution in [2.24, 2.45) is 0 Å². The molecular formula is C32H65NO. The fourth-order valence-electron chi connectivity index (χ4n) is 5.08. The second-order valence-electron chi connectivity index (χ2n) is 11.1. The molecule has 34 heavy (non-hydrogen) atoms. The van der Waals surface area contributed by atoms with Crippen LogP contribution in [0.4, 0.5) is 0 Å². The Morgan fingerprint density at radius 3 is 0.794 bits per heavy atom. The summed E-state index contributed by atoms with van der Waals surface area (Å²) in [5.74, 6) is 0. The Kier molecular flexibility index (Phi) is 30.0. The van der Waals surface area contributed by atoms with Crippen LogP contribution in [0, 0.1) is 0 Å². The molecule has 204 valence electrons. The van der Waals surface area contributed by atoms with Gasteiger partial charge in [-0.15, -0.1) is 0 Å². The van der Waals surface area contributed by atoms with Crippen molar-refractivity contribution in [3.63, 3.8) is 0 Å². The third-order valence-electron chi connectivity index (χ3n) is 7.54. The van der Waals surface area contributed by atoms with Gasteiger partial charge in [0.1, 0.15) is 0 Å². The molecule has 0 saturated carbocycles. The highest BCUT2D eigenvalue weighted by atomic mass is 16.1. The van der Waals surface area contributed by atoms with Gasteiger partial charge >= 0.3 is 0 Å². The molecule has 0 aliphatic rings. The van der Waals surface area contributed by atoms with Gasteiger partial charge in [-0.25, -0.2) is 0 Å². The van der Waals surface area contributed by atoms with Crippen LogP contribution in [0.15, 0.2) is 0 Å². The second kappa shape index (κ2) is 30.5. The summed E-state index contributed by atoms with van der Waals surface area (Å²) in [6, 6.07) is 0. The Bertz CT molecular complexity index is 370. The second-order valence-corrected chi connectivity index (χ2v) is 11.1. The zero-order valence-electron chi connectivity index (χ0n) is 23.9. The van der Waals surface area contributed by atoms with E-state index < -0.39 is 0 Å². The highest BCUT2D eigenvalue weighted by molar-refractivity contribution is 5.46. The van der Waals surface area contributed by atoms with Crippen LogP contribution in [-0.4, -0.2) is 24.9 Å². The SMILES string of the molecule is CCCCCCCCCCCCCCCCCCCCCCCCCCCCCCN(C)C=O. The van der Waals surface area contributed by atoms with Gasteiger partial charge in [-0.3, -0.25) is 4.79 Å². The number of unbranched alkanes of at least 4 members (excludes halogenated alkanes) is 27. The summed E-state index contributed by atoms with van der Waals surface area (Å²) in [7, 11) is 1.87. The van der Waals surface area contributed by atoms with Gasteiger partial charge in [-0.2, -0.15) is 0 Å². The minimum atomic E-state index is 0.920. The van der Waals surface area contributed by atoms with Crippen molar-refractivity contribution in [2.45, 2.75) is 187 Å². The molecule has 2 heteroatoms. The molecule has 0 atom stereocenters. The van der Waals surface area contributed by atoms with E-state index in [1.807, 2.05) is 7.05 Å². The summed E-state index contributed by atoms with van der Waals surface area (Å²) in [4.78, 5) is 12.3. The third kappa shape index (κ3) is 29.5. The van der Waals surface area contributed by atoms with Crippen LogP contribution in [0.3, 0.4) is 0 Å². The van der Waals surface area contributed by atoms with Gasteiger partial charge in [0, 0.05) is 13.6 Å². The van der Waals surface area contributed by atoms with Crippen LogP contribution < -0.4 is 0 Å². The fourth-order valence-corrected chi connectivity index (χ4v) is 5.08. The third-order valence-corrected chi connectivity index (χ3v) is 7.54. The Morgan fingerprint density at radius 1 is 0.382 bits per heavy atom. The maximum Gasteiger partial charge on any atom is 0.209 e. The van der Waals surface area contributed by atoms with Crippen molar-refractivity contribution in [3.05, 3.63) is 0 Å². The number of rotatable bonds is 30. The number of nitrogens with zero attached hydrogens (tertiary/aromatic N) is 1. The van der Waals surface area contributed by atoms with Crippen LogP contribution in [-0.2, 0) is 4.79 Å². The smallest absolute Gasteiger partial charge is 0.209 e. The van der Waals surface area contributed by atoms with Gasteiger partial charge in [0.2, 0.25) is 6.41 Å². The molecule has 0 saturated heterocycles. The first kappa shape index (κ1) is 33.5. The first-order chi connectivity index (χ1) is 16.8. The summed E-state index contributed by atoms with van der Waals surface area (Å²) in [6.45, 7) is 3.22. The molecule has 0 N–H and O–H groups in total. The Balaban J connectivity index is 3.02. The summed E-state index contributed by atoms with van der Waals surface area (Å²) in [6.07, 6.45) is 41.1. The van der Waals surface area contributed by atoms with E-state index in [4.69, 9.17) is 0 Å². The van der Waals surface area contributed by atoms with Gasteiger partial charge in [0.15, 0.2) is 0 Å². The first-order valence-electron chi connectivity index (χ1n) is 16.0. The quantitative estimate of drug-likeness (QED) is 0.0740. The summed E-state index contributed by atoms with van der Waals surface area (Å²) in [5.41, 5.74) is 0. The largest absolute Gasteiger partial charge is 0.348 e. The number of carbonyl (C=O) groups is 1. The number of hydrogen-bond acceptors (Lipinski definition) is 1. The molecule has 0 heterocycles. The van der Waals surface area contributed by atoms with Gasteiger partial charge in [0.25, 0.3) is 0 Å². The molecule has 0 aliphatic carbocycles. The molecule has 0 aromatic rings. The maximum atomic E-state index is 10.5. The number of hydrogen-bond donors (Lipinski definition) is 0. The molecule has 0 fully saturated rings. The van der Waals surface area contributed by atoms with Crippen LogP contribution in [0.25, 0.3) is 0 Å². The van der Waals surface area contributed by atoms with Crippen molar-refractivity contribution in [1.82, 2.24) is 4.90 Å². The molecule has 0 spiro atoms. The average Bonchev–Trinajstić information content (AvgIpc) is 2.85. The molecule has 2 nitrogen and oxygen atoms in total. The van der Waals surface area contributed by atoms with Crippen LogP contribution in [0.5, 0.6) is 0 Å². The van der Waals surface area contributed by atoms with Crippen molar-refractivity contribution < 1.29 is 4.79 Å². The van der Waals surface area contributed by atoms with Gasteiger partial charge in [0.05, 0.1) is 0 Å². The zero-order valence-corrected chi connectivity index (χ0v) is 23.9. The molecule has 0 rings (SSSR count). The van der Waals surface area contributed by atoms with E-state index in [0.717, 1.165) is 19.4 Å². The van der Waals surface area contributed by atoms with Gasteiger partial charge in [-0.05, 0) is 6.42 Å². The minimum absolute atomic E-state index is 0.920. The Hall–Kier alpha value is -0.530.